The van der Waals surface area contributed by atoms with Crippen molar-refractivity contribution in [2.75, 3.05) is 11.5 Å². The van der Waals surface area contributed by atoms with Gasteiger partial charge in [-0.05, 0) is 49.8 Å². The Morgan fingerprint density at radius 2 is 1.90 bits per heavy atom. The number of halogens is 3. The Morgan fingerprint density at radius 3 is 2.41 bits per heavy atom. The van der Waals surface area contributed by atoms with E-state index in [2.05, 4.69) is 15.0 Å². The number of nitrogens with two attached hydrogens (primary N) is 1. The molecule has 3 heterocycles. The summed E-state index contributed by atoms with van der Waals surface area (Å²) in [5.74, 6) is -3.21. The number of aryl methyl sites for hydroxylation is 2. The average Bonchev–Trinajstić information content (AvgIpc) is 3.24. The van der Waals surface area contributed by atoms with Gasteiger partial charge in [0.25, 0.3) is 5.56 Å². The zero-order valence-corrected chi connectivity index (χ0v) is 21.5. The zero-order valence-electron chi connectivity index (χ0n) is 20.7. The van der Waals surface area contributed by atoms with Gasteiger partial charge in [-0.25, -0.2) is 33.2 Å². The molecule has 0 spiro atoms. The number of aromatic amines is 1. The van der Waals surface area contributed by atoms with Crippen molar-refractivity contribution in [1.82, 2.24) is 25.0 Å². The molecule has 1 fully saturated rings. The number of rotatable bonds is 6. The third kappa shape index (κ3) is 6.36. The van der Waals surface area contributed by atoms with E-state index in [-0.39, 0.29) is 34.6 Å². The van der Waals surface area contributed by atoms with E-state index in [9.17, 15) is 31.2 Å². The lowest BCUT2D eigenvalue weighted by molar-refractivity contribution is -0.192. The molecule has 13 nitrogen and oxygen atoms in total. The summed E-state index contributed by atoms with van der Waals surface area (Å²) in [5, 5.41) is 16.0. The van der Waals surface area contributed by atoms with Crippen LogP contribution < -0.4 is 16.8 Å². The first-order valence-corrected chi connectivity index (χ1v) is 13.0. The first-order chi connectivity index (χ1) is 18.1. The van der Waals surface area contributed by atoms with Crippen molar-refractivity contribution in [3.05, 3.63) is 39.4 Å². The summed E-state index contributed by atoms with van der Waals surface area (Å²) >= 11 is 0. The Balaban J connectivity index is 0.000000532. The van der Waals surface area contributed by atoms with Gasteiger partial charge < -0.3 is 15.8 Å². The van der Waals surface area contributed by atoms with Crippen molar-refractivity contribution in [2.45, 2.75) is 50.6 Å². The molecule has 0 radical (unpaired) electrons. The number of anilines is 1. The normalized spacial score (nSPS) is 13.9. The smallest absolute Gasteiger partial charge is 0.475 e. The average molecular weight is 575 g/mol. The maximum atomic E-state index is 13.1. The number of carboxylic acid groups (broad SMARTS) is 1. The fourth-order valence-corrected chi connectivity index (χ4v) is 5.82. The van der Waals surface area contributed by atoms with Gasteiger partial charge in [0.05, 0.1) is 17.1 Å². The maximum absolute atomic E-state index is 13.1. The molecule has 0 aromatic carbocycles. The van der Waals surface area contributed by atoms with E-state index in [1.165, 1.54) is 10.6 Å². The summed E-state index contributed by atoms with van der Waals surface area (Å²) in [5.41, 5.74) is 8.74. The Morgan fingerprint density at radius 1 is 1.28 bits per heavy atom. The van der Waals surface area contributed by atoms with Crippen LogP contribution in [0.2, 0.25) is 0 Å². The van der Waals surface area contributed by atoms with Gasteiger partial charge in [-0.1, -0.05) is 6.42 Å². The molecule has 0 saturated heterocycles. The molecular weight excluding hydrogens is 549 g/mol. The van der Waals surface area contributed by atoms with Crippen LogP contribution in [0.3, 0.4) is 0 Å². The number of hydroxylamine groups is 1. The summed E-state index contributed by atoms with van der Waals surface area (Å²) in [4.78, 5) is 45.1. The topological polar surface area (TPSA) is 210 Å². The number of nitrogens with zero attached hydrogens (tertiary/aromatic N) is 3. The minimum absolute atomic E-state index is 0.0236. The number of aromatic nitrogens is 4. The molecule has 6 N–H and O–H groups in total. The van der Waals surface area contributed by atoms with E-state index in [0.29, 0.717) is 28.0 Å². The molecule has 1 aliphatic carbocycles. The Bertz CT molecular complexity index is 1590. The maximum Gasteiger partial charge on any atom is 0.490 e. The van der Waals surface area contributed by atoms with Gasteiger partial charge in [0.15, 0.2) is 15.5 Å². The zero-order chi connectivity index (χ0) is 29.3. The van der Waals surface area contributed by atoms with Crippen molar-refractivity contribution in [3.63, 3.8) is 0 Å². The number of hydrogen-bond acceptors (Lipinski definition) is 9. The van der Waals surface area contributed by atoms with Crippen LogP contribution in [0.1, 0.15) is 36.1 Å². The van der Waals surface area contributed by atoms with Crippen molar-refractivity contribution in [3.8, 4) is 5.95 Å². The molecule has 3 aromatic heterocycles. The molecule has 17 heteroatoms. The van der Waals surface area contributed by atoms with Crippen LogP contribution in [0.5, 0.6) is 0 Å². The second kappa shape index (κ2) is 11.0. The Hall–Kier alpha value is -3.99. The molecule has 0 unspecified atom stereocenters. The molecule has 0 aliphatic heterocycles. The van der Waals surface area contributed by atoms with Crippen LogP contribution in [0.25, 0.3) is 17.1 Å². The molecule has 1 amide bonds. The highest BCUT2D eigenvalue weighted by Crippen LogP contribution is 2.31. The third-order valence-corrected chi connectivity index (χ3v) is 8.06. The SMILES string of the molecule is Cc1cnc2[nH]c(-n3c(C)cc(S(=O)(=O)CC4CCC4)c(N)c3=O)nc2c1CC(=O)NO.O=C(O)C(F)(F)F. The number of amides is 1. The Kier molecular flexibility index (Phi) is 8.35. The molecule has 3 aromatic rings. The lowest BCUT2D eigenvalue weighted by Crippen LogP contribution is -2.29. The van der Waals surface area contributed by atoms with E-state index in [0.717, 1.165) is 19.3 Å². The minimum Gasteiger partial charge on any atom is -0.475 e. The number of carboxylic acids is 1. The molecule has 0 atom stereocenters. The number of alkyl halides is 3. The van der Waals surface area contributed by atoms with Crippen LogP contribution >= 0.6 is 0 Å². The monoisotopic (exact) mass is 574 g/mol. The Labute approximate surface area is 218 Å². The summed E-state index contributed by atoms with van der Waals surface area (Å²) in [6.45, 7) is 3.34. The first kappa shape index (κ1) is 29.6. The number of hydrogen-bond donors (Lipinski definition) is 5. The van der Waals surface area contributed by atoms with Crippen molar-refractivity contribution in [2.24, 2.45) is 5.92 Å². The van der Waals surface area contributed by atoms with Crippen LogP contribution in [0.15, 0.2) is 22.0 Å². The van der Waals surface area contributed by atoms with Gasteiger partial charge >= 0.3 is 12.1 Å². The standard InChI is InChI=1S/C20H24N6O5S.C2HF3O2/c1-10-8-22-18-17(13(10)7-15(27)25-29)23-20(24-18)26-11(2)6-14(16(21)19(26)28)32(30,31)9-12-4-3-5-12;3-2(4,5)1(6)7/h6,8,12,29H,3-5,7,9,21H2,1-2H3,(H,25,27)(H,22,23,24);(H,6,7). The number of H-pyrrole nitrogens is 1. The summed E-state index contributed by atoms with van der Waals surface area (Å²) in [6.07, 6.45) is -0.948. The van der Waals surface area contributed by atoms with Crippen molar-refractivity contribution >= 4 is 38.6 Å². The third-order valence-electron chi connectivity index (χ3n) is 6.14. The minimum atomic E-state index is -5.08. The highest BCUT2D eigenvalue weighted by molar-refractivity contribution is 7.91. The summed E-state index contributed by atoms with van der Waals surface area (Å²) in [6, 6.07) is 1.39. The van der Waals surface area contributed by atoms with Gasteiger partial charge in [0.1, 0.15) is 11.2 Å². The number of sulfone groups is 1. The molecule has 1 saturated carbocycles. The number of pyridine rings is 2. The first-order valence-electron chi connectivity index (χ1n) is 11.4. The fourth-order valence-electron chi connectivity index (χ4n) is 3.91. The lowest BCUT2D eigenvalue weighted by Gasteiger charge is -2.25. The molecule has 212 valence electrons. The number of imidazole rings is 1. The number of aliphatic carboxylic acids is 1. The van der Waals surface area contributed by atoms with Crippen LogP contribution in [0, 0.1) is 19.8 Å². The van der Waals surface area contributed by atoms with Crippen LogP contribution in [-0.4, -0.2) is 62.1 Å². The highest BCUT2D eigenvalue weighted by atomic mass is 32.2. The molecular formula is C22H25F3N6O7S. The summed E-state index contributed by atoms with van der Waals surface area (Å²) in [7, 11) is -3.70. The van der Waals surface area contributed by atoms with Crippen LogP contribution in [0.4, 0.5) is 18.9 Å². The molecule has 0 bridgehead atoms. The van der Waals surface area contributed by atoms with Gasteiger partial charge in [0, 0.05) is 11.9 Å². The molecule has 39 heavy (non-hydrogen) atoms. The number of nitrogens with one attached hydrogen (secondary N) is 2. The predicted molar refractivity (Wildman–Crippen MR) is 130 cm³/mol. The number of carbonyl (C=O) groups excluding carboxylic acids is 1. The van der Waals surface area contributed by atoms with Gasteiger partial charge in [-0.3, -0.25) is 14.8 Å². The van der Waals surface area contributed by atoms with Crippen molar-refractivity contribution in [1.29, 1.82) is 0 Å². The highest BCUT2D eigenvalue weighted by Gasteiger charge is 2.38. The number of fused-ring (bicyclic) bond motifs is 1. The van der Waals surface area contributed by atoms with E-state index in [1.807, 2.05) is 0 Å². The second-order valence-electron chi connectivity index (χ2n) is 8.97. The second-order valence-corrected chi connectivity index (χ2v) is 11.0. The molecule has 1 aliphatic rings. The van der Waals surface area contributed by atoms with E-state index in [4.69, 9.17) is 20.8 Å². The fraction of sp³-hybridized carbons (Fsp3) is 0.409. The van der Waals surface area contributed by atoms with Gasteiger partial charge in [0.2, 0.25) is 11.9 Å². The van der Waals surface area contributed by atoms with E-state index >= 15 is 0 Å². The number of nitrogen functional groups attached to an aromatic ring is 1. The summed E-state index contributed by atoms with van der Waals surface area (Å²) < 4.78 is 58.6. The number of carbonyl (C=O) groups is 2. The van der Waals surface area contributed by atoms with Crippen molar-refractivity contribution < 1.29 is 41.5 Å². The lowest BCUT2D eigenvalue weighted by atomic mass is 9.87. The van der Waals surface area contributed by atoms with Gasteiger partial charge in [-0.2, -0.15) is 13.2 Å². The van der Waals surface area contributed by atoms with Gasteiger partial charge in [-0.15, -0.1) is 0 Å². The van der Waals surface area contributed by atoms with E-state index < -0.39 is 33.4 Å². The van der Waals surface area contributed by atoms with Crippen LogP contribution in [-0.2, 0) is 25.8 Å². The van der Waals surface area contributed by atoms with E-state index in [1.54, 1.807) is 25.5 Å². The largest absolute Gasteiger partial charge is 0.490 e. The predicted octanol–water partition coefficient (Wildman–Crippen LogP) is 1.56. The quantitative estimate of drug-likeness (QED) is 0.212. The molecule has 4 rings (SSSR count).